The minimum absolute atomic E-state index is 0.190. The van der Waals surface area contributed by atoms with Crippen molar-refractivity contribution in [3.05, 3.63) is 34.3 Å². The maximum atomic E-state index is 12.9. The van der Waals surface area contributed by atoms with Crippen LogP contribution in [-0.2, 0) is 10.0 Å². The Morgan fingerprint density at radius 1 is 1.25 bits per heavy atom. The van der Waals surface area contributed by atoms with Gasteiger partial charge in [0.1, 0.15) is 4.88 Å². The summed E-state index contributed by atoms with van der Waals surface area (Å²) >= 11 is 1.27. The van der Waals surface area contributed by atoms with Gasteiger partial charge in [0.2, 0.25) is 10.0 Å². The number of thiazole rings is 1. The highest BCUT2D eigenvalue weighted by atomic mass is 32.2. The van der Waals surface area contributed by atoms with E-state index in [2.05, 4.69) is 15.2 Å². The number of anilines is 2. The molecule has 7 nitrogen and oxygen atoms in total. The number of nitrogens with one attached hydrogen (secondary N) is 1. The molecule has 1 fully saturated rings. The van der Waals surface area contributed by atoms with Crippen LogP contribution in [0.5, 0.6) is 0 Å². The molecule has 2 heterocycles. The fourth-order valence-corrected chi connectivity index (χ4v) is 5.60. The molecule has 0 unspecified atom stereocenters. The van der Waals surface area contributed by atoms with Gasteiger partial charge in [-0.25, -0.2) is 13.4 Å². The van der Waals surface area contributed by atoms with Gasteiger partial charge in [-0.05, 0) is 38.0 Å². The van der Waals surface area contributed by atoms with E-state index in [0.717, 1.165) is 31.6 Å². The van der Waals surface area contributed by atoms with Crippen molar-refractivity contribution in [3.63, 3.8) is 0 Å². The van der Waals surface area contributed by atoms with Gasteiger partial charge in [-0.1, -0.05) is 13.8 Å². The first-order chi connectivity index (χ1) is 13.4. The molecule has 0 radical (unpaired) electrons. The van der Waals surface area contributed by atoms with Gasteiger partial charge in [0, 0.05) is 26.2 Å². The quantitative estimate of drug-likeness (QED) is 0.740. The molecule has 0 aliphatic carbocycles. The number of carbonyl (C=O) groups excluding carboxylic acids is 1. The van der Waals surface area contributed by atoms with Gasteiger partial charge < -0.3 is 10.2 Å². The van der Waals surface area contributed by atoms with Crippen molar-refractivity contribution < 1.29 is 13.2 Å². The second-order valence-electron chi connectivity index (χ2n) is 6.68. The minimum atomic E-state index is -3.61. The topological polar surface area (TPSA) is 82.6 Å². The number of carbonyl (C=O) groups is 1. The van der Waals surface area contributed by atoms with E-state index in [9.17, 15) is 13.2 Å². The van der Waals surface area contributed by atoms with Crippen LogP contribution in [0.4, 0.5) is 11.4 Å². The van der Waals surface area contributed by atoms with E-state index in [4.69, 9.17) is 0 Å². The molecule has 0 bridgehead atoms. The molecular formula is C19H26N4O3S2. The summed E-state index contributed by atoms with van der Waals surface area (Å²) < 4.78 is 27.3. The minimum Gasteiger partial charge on any atom is -0.370 e. The van der Waals surface area contributed by atoms with E-state index >= 15 is 0 Å². The summed E-state index contributed by atoms with van der Waals surface area (Å²) in [5, 5.41) is 2.92. The number of rotatable bonds is 7. The Morgan fingerprint density at radius 2 is 1.93 bits per heavy atom. The third-order valence-electron chi connectivity index (χ3n) is 4.96. The van der Waals surface area contributed by atoms with Crippen molar-refractivity contribution in [1.82, 2.24) is 9.29 Å². The zero-order valence-corrected chi connectivity index (χ0v) is 18.1. The van der Waals surface area contributed by atoms with Gasteiger partial charge >= 0.3 is 0 Å². The molecule has 0 atom stereocenters. The Labute approximate surface area is 170 Å². The number of hydrogen-bond acceptors (Lipinski definition) is 6. The van der Waals surface area contributed by atoms with Gasteiger partial charge in [-0.2, -0.15) is 4.31 Å². The van der Waals surface area contributed by atoms with Crippen LogP contribution < -0.4 is 10.2 Å². The zero-order valence-electron chi connectivity index (χ0n) is 16.4. The number of aryl methyl sites for hydroxylation is 1. The Morgan fingerprint density at radius 3 is 2.50 bits per heavy atom. The third kappa shape index (κ3) is 4.06. The Hall–Kier alpha value is -1.97. The first-order valence-electron chi connectivity index (χ1n) is 9.49. The number of sulfonamides is 1. The van der Waals surface area contributed by atoms with E-state index in [-0.39, 0.29) is 10.8 Å². The summed E-state index contributed by atoms with van der Waals surface area (Å²) in [6, 6.07) is 5.02. The van der Waals surface area contributed by atoms with E-state index in [1.807, 2.05) is 13.8 Å². The van der Waals surface area contributed by atoms with Crippen molar-refractivity contribution in [2.24, 2.45) is 0 Å². The molecule has 0 saturated carbocycles. The number of amides is 1. The van der Waals surface area contributed by atoms with Crippen LogP contribution in [-0.4, -0.2) is 49.8 Å². The first kappa shape index (κ1) is 20.8. The molecule has 1 saturated heterocycles. The summed E-state index contributed by atoms with van der Waals surface area (Å²) in [5.74, 6) is -0.266. The van der Waals surface area contributed by atoms with Crippen LogP contribution in [0.25, 0.3) is 0 Å². The number of hydrogen-bond donors (Lipinski definition) is 1. The van der Waals surface area contributed by atoms with Crippen molar-refractivity contribution in [2.45, 2.75) is 38.5 Å². The molecule has 0 spiro atoms. The SMILES string of the molecule is CCN(CC)S(=O)(=O)c1ccc(N2CCCC2)c(NC(=O)c2scnc2C)c1. The second kappa shape index (κ2) is 8.59. The highest BCUT2D eigenvalue weighted by Gasteiger charge is 2.25. The van der Waals surface area contributed by atoms with E-state index in [1.54, 1.807) is 30.6 Å². The number of nitrogens with zero attached hydrogens (tertiary/aromatic N) is 3. The lowest BCUT2D eigenvalue weighted by molar-refractivity contribution is 0.103. The van der Waals surface area contributed by atoms with E-state index in [0.29, 0.717) is 29.3 Å². The molecule has 152 valence electrons. The van der Waals surface area contributed by atoms with Gasteiger partial charge in [-0.3, -0.25) is 4.79 Å². The Kier molecular flexibility index (Phi) is 6.36. The maximum absolute atomic E-state index is 12.9. The monoisotopic (exact) mass is 422 g/mol. The first-order valence-corrected chi connectivity index (χ1v) is 11.8. The standard InChI is InChI=1S/C19H26N4O3S2/c1-4-23(5-2)28(25,26)15-8-9-17(22-10-6-7-11-22)16(12-15)21-19(24)18-14(3)20-13-27-18/h8-9,12-13H,4-7,10-11H2,1-3H3,(H,21,24). The molecule has 28 heavy (non-hydrogen) atoms. The van der Waals surface area contributed by atoms with Gasteiger partial charge in [0.25, 0.3) is 5.91 Å². The molecule has 1 aromatic carbocycles. The fraction of sp³-hybridized carbons (Fsp3) is 0.474. The molecule has 1 N–H and O–H groups in total. The van der Waals surface area contributed by atoms with Crippen molar-refractivity contribution in [1.29, 1.82) is 0 Å². The van der Waals surface area contributed by atoms with Crippen LogP contribution in [0.1, 0.15) is 42.1 Å². The normalized spacial score (nSPS) is 14.6. The van der Waals surface area contributed by atoms with Gasteiger partial charge in [-0.15, -0.1) is 11.3 Å². The molecule has 9 heteroatoms. The molecule has 3 rings (SSSR count). The van der Waals surface area contributed by atoms with Gasteiger partial charge in [0.05, 0.1) is 27.5 Å². The average Bonchev–Trinajstić information content (AvgIpc) is 3.34. The predicted octanol–water partition coefficient (Wildman–Crippen LogP) is 3.33. The molecule has 2 aromatic rings. The maximum Gasteiger partial charge on any atom is 0.267 e. The number of aromatic nitrogens is 1. The Balaban J connectivity index is 2.01. The smallest absolute Gasteiger partial charge is 0.267 e. The summed E-state index contributed by atoms with van der Waals surface area (Å²) in [6.45, 7) is 8.00. The molecule has 1 aromatic heterocycles. The van der Waals surface area contributed by atoms with Crippen LogP contribution >= 0.6 is 11.3 Å². The van der Waals surface area contributed by atoms with Crippen LogP contribution in [0.3, 0.4) is 0 Å². The summed E-state index contributed by atoms with van der Waals surface area (Å²) in [7, 11) is -3.61. The van der Waals surface area contributed by atoms with Crippen LogP contribution in [0.2, 0.25) is 0 Å². The Bertz CT molecular complexity index is 946. The van der Waals surface area contributed by atoms with Gasteiger partial charge in [0.15, 0.2) is 0 Å². The highest BCUT2D eigenvalue weighted by Crippen LogP contribution is 2.33. The van der Waals surface area contributed by atoms with Crippen molar-refractivity contribution >= 4 is 38.6 Å². The summed E-state index contributed by atoms with van der Waals surface area (Å²) in [4.78, 5) is 19.8. The number of benzene rings is 1. The summed E-state index contributed by atoms with van der Waals surface area (Å²) in [6.07, 6.45) is 2.17. The second-order valence-corrected chi connectivity index (χ2v) is 9.48. The molecule has 1 aliphatic rings. The lowest BCUT2D eigenvalue weighted by Gasteiger charge is -2.24. The molecule has 1 amide bonds. The van der Waals surface area contributed by atoms with Crippen molar-refractivity contribution in [3.8, 4) is 0 Å². The lowest BCUT2D eigenvalue weighted by Crippen LogP contribution is -2.31. The van der Waals surface area contributed by atoms with E-state index < -0.39 is 10.0 Å². The predicted molar refractivity (Wildman–Crippen MR) is 113 cm³/mol. The fourth-order valence-electron chi connectivity index (χ4n) is 3.42. The molecule has 1 aliphatic heterocycles. The van der Waals surface area contributed by atoms with Crippen LogP contribution in [0.15, 0.2) is 28.6 Å². The van der Waals surface area contributed by atoms with Crippen LogP contribution in [0, 0.1) is 6.92 Å². The zero-order chi connectivity index (χ0) is 20.3. The third-order valence-corrected chi connectivity index (χ3v) is 7.93. The average molecular weight is 423 g/mol. The van der Waals surface area contributed by atoms with Crippen molar-refractivity contribution in [2.75, 3.05) is 36.4 Å². The largest absolute Gasteiger partial charge is 0.370 e. The summed E-state index contributed by atoms with van der Waals surface area (Å²) in [5.41, 5.74) is 3.67. The van der Waals surface area contributed by atoms with E-state index in [1.165, 1.54) is 15.6 Å². The molecular weight excluding hydrogens is 396 g/mol. The lowest BCUT2D eigenvalue weighted by atomic mass is 10.2. The highest BCUT2D eigenvalue weighted by molar-refractivity contribution is 7.89.